The molecule has 2 nitrogen and oxygen atoms in total. The van der Waals surface area contributed by atoms with Gasteiger partial charge in [0.25, 0.3) is 0 Å². The van der Waals surface area contributed by atoms with E-state index in [0.717, 1.165) is 11.4 Å². The van der Waals surface area contributed by atoms with Gasteiger partial charge in [0.05, 0.1) is 22.7 Å². The van der Waals surface area contributed by atoms with Crippen LogP contribution in [0.2, 0.25) is 0 Å². The van der Waals surface area contributed by atoms with E-state index < -0.39 is 0 Å². The molecule has 0 radical (unpaired) electrons. The van der Waals surface area contributed by atoms with E-state index in [1.54, 1.807) is 0 Å². The summed E-state index contributed by atoms with van der Waals surface area (Å²) in [5.74, 6) is 0. The Balaban J connectivity index is 1.12. The number of para-hydroxylation sites is 6. The maximum absolute atomic E-state index is 2.54. The lowest BCUT2D eigenvalue weighted by molar-refractivity contribution is 0.632. The molecule has 3 aliphatic rings. The summed E-state index contributed by atoms with van der Waals surface area (Å²) in [6.07, 6.45) is 0. The van der Waals surface area contributed by atoms with E-state index in [0.29, 0.717) is 0 Å². The Morgan fingerprint density at radius 3 is 1.11 bits per heavy atom. The lowest BCUT2D eigenvalue weighted by Crippen LogP contribution is -2.31. The van der Waals surface area contributed by atoms with Crippen LogP contribution >= 0.6 is 0 Å². The van der Waals surface area contributed by atoms with Gasteiger partial charge in [0, 0.05) is 38.7 Å². The summed E-state index contributed by atoms with van der Waals surface area (Å²) in [6.45, 7) is 14.4. The second kappa shape index (κ2) is 15.8. The number of anilines is 6. The molecule has 0 fully saturated rings. The molecule has 14 rings (SSSR count). The molecule has 0 N–H and O–H groups in total. The Morgan fingerprint density at radius 2 is 0.603 bits per heavy atom. The van der Waals surface area contributed by atoms with Crippen molar-refractivity contribution in [2.24, 2.45) is 0 Å². The molecule has 11 aromatic carbocycles. The largest absolute Gasteiger partial charge is 0.309 e. The molecular weight excluding hydrogens is 881 g/mol. The maximum Gasteiger partial charge on any atom is 0.0581 e. The van der Waals surface area contributed by atoms with Gasteiger partial charge in [-0.3, -0.25) is 0 Å². The molecule has 2 heterocycles. The van der Waals surface area contributed by atoms with Crippen LogP contribution in [0.4, 0.5) is 34.1 Å². The van der Waals surface area contributed by atoms with Gasteiger partial charge in [-0.1, -0.05) is 230 Å². The minimum Gasteiger partial charge on any atom is -0.309 e. The predicted octanol–water partition coefficient (Wildman–Crippen LogP) is 19.5. The van der Waals surface area contributed by atoms with E-state index in [9.17, 15) is 0 Å². The van der Waals surface area contributed by atoms with Crippen molar-refractivity contribution in [2.75, 3.05) is 9.80 Å². The van der Waals surface area contributed by atoms with E-state index in [-0.39, 0.29) is 16.2 Å². The molecule has 0 saturated carbocycles. The minimum absolute atomic E-state index is 0.154. The Bertz CT molecular complexity index is 3850. The van der Waals surface area contributed by atoms with E-state index in [1.807, 2.05) is 0 Å². The molecule has 11 aromatic rings. The number of rotatable bonds is 5. The van der Waals surface area contributed by atoms with E-state index in [2.05, 4.69) is 282 Å². The highest BCUT2D eigenvalue weighted by molar-refractivity contribution is 6.22. The highest BCUT2D eigenvalue weighted by Gasteiger charge is 2.41. The molecule has 73 heavy (non-hydrogen) atoms. The number of benzene rings is 11. The highest BCUT2D eigenvalue weighted by atomic mass is 15.2. The fourth-order valence-corrected chi connectivity index (χ4v) is 13.5. The zero-order chi connectivity index (χ0) is 49.4. The smallest absolute Gasteiger partial charge is 0.0581 e. The molecule has 0 atom stereocenters. The summed E-state index contributed by atoms with van der Waals surface area (Å²) in [6, 6.07) is 86.8. The zero-order valence-corrected chi connectivity index (χ0v) is 42.3. The fraction of sp³-hybridized carbons (Fsp3) is 0.127. The number of fused-ring (bicyclic) bond motifs is 9. The highest BCUT2D eigenvalue weighted by Crippen LogP contribution is 2.59. The number of hydrogen-bond acceptors (Lipinski definition) is 2. The first kappa shape index (κ1) is 43.3. The first-order chi connectivity index (χ1) is 35.5. The van der Waals surface area contributed by atoms with Crippen molar-refractivity contribution in [3.8, 4) is 44.5 Å². The Kier molecular flexibility index (Phi) is 9.36. The van der Waals surface area contributed by atoms with Gasteiger partial charge < -0.3 is 9.80 Å². The molecule has 0 amide bonds. The lowest BCUT2D eigenvalue weighted by atomic mass is 9.72. The molecular formula is C71H56N2. The summed E-state index contributed by atoms with van der Waals surface area (Å²) in [5, 5.41) is 4.95. The van der Waals surface area contributed by atoms with Gasteiger partial charge in [0.2, 0.25) is 0 Å². The van der Waals surface area contributed by atoms with Gasteiger partial charge in [-0.25, -0.2) is 0 Å². The van der Waals surface area contributed by atoms with Crippen molar-refractivity contribution in [2.45, 2.75) is 57.8 Å². The van der Waals surface area contributed by atoms with Crippen LogP contribution < -0.4 is 9.80 Å². The van der Waals surface area contributed by atoms with Gasteiger partial charge in [0.1, 0.15) is 0 Å². The summed E-state index contributed by atoms with van der Waals surface area (Å²) in [5.41, 5.74) is 24.6. The monoisotopic (exact) mass is 936 g/mol. The van der Waals surface area contributed by atoms with Gasteiger partial charge in [-0.2, -0.15) is 0 Å². The summed E-state index contributed by atoms with van der Waals surface area (Å²) in [7, 11) is 0. The van der Waals surface area contributed by atoms with Crippen LogP contribution in [-0.4, -0.2) is 0 Å². The second-order valence-electron chi connectivity index (χ2n) is 22.0. The molecule has 0 aromatic heterocycles. The molecule has 0 spiro atoms. The summed E-state index contributed by atoms with van der Waals surface area (Å²) < 4.78 is 0. The van der Waals surface area contributed by atoms with Crippen molar-refractivity contribution in [1.82, 2.24) is 0 Å². The molecule has 350 valence electrons. The molecule has 0 unspecified atom stereocenters. The van der Waals surface area contributed by atoms with Crippen LogP contribution in [0.3, 0.4) is 0 Å². The van der Waals surface area contributed by atoms with Crippen molar-refractivity contribution in [1.29, 1.82) is 0 Å². The maximum atomic E-state index is 2.54. The Hall–Kier alpha value is -8.46. The third-order valence-corrected chi connectivity index (χ3v) is 17.0. The second-order valence-corrected chi connectivity index (χ2v) is 22.0. The molecule has 2 aliphatic heterocycles. The normalized spacial score (nSPS) is 15.3. The molecule has 0 saturated heterocycles. The molecule has 0 bridgehead atoms. The third kappa shape index (κ3) is 6.10. The van der Waals surface area contributed by atoms with Crippen LogP contribution in [0.1, 0.15) is 74.9 Å². The standard InChI is InChI=1S/C71H56N2/c1-69(2)57-36-14-13-28-53(57)66-54(35-23-39-60(66)69)65-49-31-19-29-47(51-33-21-40-61-67(51)72(45-24-9-7-10-25-45)63-42-17-15-37-58(63)70(61,3)4)55(49)44-56-48(30-20-32-50(56)65)52-34-22-41-62-68(52)73(46-26-11-8-12-27-46)64-43-18-16-38-59(64)71(62,5)6/h7-44H,1-6H3. The van der Waals surface area contributed by atoms with Gasteiger partial charge in [-0.15, -0.1) is 0 Å². The first-order valence-electron chi connectivity index (χ1n) is 25.9. The molecule has 2 heteroatoms. The van der Waals surface area contributed by atoms with Crippen LogP contribution in [0, 0.1) is 0 Å². The van der Waals surface area contributed by atoms with E-state index in [1.165, 1.54) is 122 Å². The summed E-state index contributed by atoms with van der Waals surface area (Å²) in [4.78, 5) is 5.04. The summed E-state index contributed by atoms with van der Waals surface area (Å²) >= 11 is 0. The van der Waals surface area contributed by atoms with Crippen molar-refractivity contribution >= 4 is 55.7 Å². The van der Waals surface area contributed by atoms with Crippen LogP contribution in [0.25, 0.3) is 66.1 Å². The third-order valence-electron chi connectivity index (χ3n) is 17.0. The van der Waals surface area contributed by atoms with E-state index >= 15 is 0 Å². The van der Waals surface area contributed by atoms with Crippen molar-refractivity contribution in [3.05, 3.63) is 264 Å². The van der Waals surface area contributed by atoms with Gasteiger partial charge in [0.15, 0.2) is 0 Å². The fourth-order valence-electron chi connectivity index (χ4n) is 13.5. The van der Waals surface area contributed by atoms with Crippen LogP contribution in [0.5, 0.6) is 0 Å². The van der Waals surface area contributed by atoms with Crippen LogP contribution in [-0.2, 0) is 16.2 Å². The minimum atomic E-state index is -0.253. The number of nitrogens with zero attached hydrogens (tertiary/aromatic N) is 2. The first-order valence-corrected chi connectivity index (χ1v) is 25.9. The van der Waals surface area contributed by atoms with Gasteiger partial charge in [-0.05, 0) is 131 Å². The topological polar surface area (TPSA) is 6.48 Å². The average Bonchev–Trinajstić information content (AvgIpc) is 3.67. The quantitative estimate of drug-likeness (QED) is 0.159. The Labute approximate surface area is 429 Å². The zero-order valence-electron chi connectivity index (χ0n) is 42.3. The average molecular weight is 937 g/mol. The Morgan fingerprint density at radius 1 is 0.247 bits per heavy atom. The SMILES string of the molecule is CC1(C)c2ccccc2-c2c(-c3c4cccc(-c5cccc6c5N(c5ccccc5)c5ccccc5C6(C)C)c4cc4c(-c5cccc6c5N(c5ccccc5)c5ccccc5C6(C)C)cccc34)cccc21. The van der Waals surface area contributed by atoms with Gasteiger partial charge >= 0.3 is 0 Å². The van der Waals surface area contributed by atoms with Crippen molar-refractivity contribution in [3.63, 3.8) is 0 Å². The van der Waals surface area contributed by atoms with E-state index in [4.69, 9.17) is 0 Å². The molecule has 1 aliphatic carbocycles. The van der Waals surface area contributed by atoms with Crippen LogP contribution in [0.15, 0.2) is 231 Å². The van der Waals surface area contributed by atoms with Crippen molar-refractivity contribution < 1.29 is 0 Å². The predicted molar refractivity (Wildman–Crippen MR) is 309 cm³/mol. The lowest BCUT2D eigenvalue weighted by Gasteiger charge is -2.43. The number of hydrogen-bond donors (Lipinski definition) is 0.